The summed E-state index contributed by atoms with van der Waals surface area (Å²) < 4.78 is 17.7. The smallest absolute Gasteiger partial charge is 0.338 e. The van der Waals surface area contributed by atoms with Crippen molar-refractivity contribution in [3.8, 4) is 0 Å². The largest absolute Gasteiger partial charge is 0.457 e. The van der Waals surface area contributed by atoms with Crippen molar-refractivity contribution in [3.63, 3.8) is 0 Å². The Morgan fingerprint density at radius 3 is 2.33 bits per heavy atom. The van der Waals surface area contributed by atoms with Gasteiger partial charge in [0, 0.05) is 12.4 Å². The number of halogens is 2. The minimum absolute atomic E-state index is 0. The quantitative estimate of drug-likeness (QED) is 0.803. The Kier molecular flexibility index (Phi) is 5.27. The van der Waals surface area contributed by atoms with Crippen LogP contribution in [0, 0.1) is 5.82 Å². The number of esters is 1. The lowest BCUT2D eigenvalue weighted by molar-refractivity contribution is 0.0472. The van der Waals surface area contributed by atoms with Crippen LogP contribution in [-0.4, -0.2) is 11.0 Å². The van der Waals surface area contributed by atoms with Gasteiger partial charge in [-0.15, -0.1) is 12.4 Å². The molecule has 0 aliphatic heterocycles. The summed E-state index contributed by atoms with van der Waals surface area (Å²) in [7, 11) is 0. The molecule has 0 unspecified atom stereocenters. The average Bonchev–Trinajstić information content (AvgIpc) is 2.38. The van der Waals surface area contributed by atoms with Gasteiger partial charge in [0.1, 0.15) is 12.4 Å². The molecular formula is C13H11ClFNO2. The second-order valence-electron chi connectivity index (χ2n) is 3.44. The van der Waals surface area contributed by atoms with Gasteiger partial charge >= 0.3 is 5.97 Å². The maximum atomic E-state index is 12.6. The van der Waals surface area contributed by atoms with Crippen LogP contribution >= 0.6 is 12.4 Å². The van der Waals surface area contributed by atoms with E-state index in [1.165, 1.54) is 24.3 Å². The van der Waals surface area contributed by atoms with Gasteiger partial charge < -0.3 is 4.74 Å². The fourth-order valence-corrected chi connectivity index (χ4v) is 1.30. The van der Waals surface area contributed by atoms with Gasteiger partial charge in [0.05, 0.1) is 5.56 Å². The maximum absolute atomic E-state index is 12.6. The summed E-state index contributed by atoms with van der Waals surface area (Å²) in [6.45, 7) is 0.179. The zero-order chi connectivity index (χ0) is 12.1. The zero-order valence-electron chi connectivity index (χ0n) is 9.38. The molecule has 3 nitrogen and oxygen atoms in total. The first kappa shape index (κ1) is 14.1. The molecule has 1 aromatic carbocycles. The summed E-state index contributed by atoms with van der Waals surface area (Å²) >= 11 is 0. The van der Waals surface area contributed by atoms with Gasteiger partial charge in [-0.2, -0.15) is 0 Å². The molecule has 0 atom stereocenters. The predicted molar refractivity (Wildman–Crippen MR) is 67.0 cm³/mol. The molecule has 0 amide bonds. The van der Waals surface area contributed by atoms with E-state index in [1.807, 2.05) is 0 Å². The van der Waals surface area contributed by atoms with Crippen LogP contribution in [0.15, 0.2) is 48.8 Å². The maximum Gasteiger partial charge on any atom is 0.338 e. The van der Waals surface area contributed by atoms with E-state index in [1.54, 1.807) is 24.5 Å². The van der Waals surface area contributed by atoms with E-state index in [0.29, 0.717) is 5.56 Å². The van der Waals surface area contributed by atoms with Crippen LogP contribution in [0.1, 0.15) is 15.9 Å². The van der Waals surface area contributed by atoms with Gasteiger partial charge in [-0.1, -0.05) is 0 Å². The molecule has 1 aromatic heterocycles. The van der Waals surface area contributed by atoms with Gasteiger partial charge in [0.2, 0.25) is 0 Å². The summed E-state index contributed by atoms with van der Waals surface area (Å²) in [5.74, 6) is -0.850. The molecule has 2 rings (SSSR count). The van der Waals surface area contributed by atoms with E-state index in [4.69, 9.17) is 4.74 Å². The van der Waals surface area contributed by atoms with Crippen molar-refractivity contribution in [1.29, 1.82) is 0 Å². The van der Waals surface area contributed by atoms with Gasteiger partial charge in [-0.25, -0.2) is 9.18 Å². The Hall–Kier alpha value is -1.94. The van der Waals surface area contributed by atoms with Crippen molar-refractivity contribution in [2.24, 2.45) is 0 Å². The lowest BCUT2D eigenvalue weighted by atomic mass is 10.2. The van der Waals surface area contributed by atoms with Crippen molar-refractivity contribution in [2.45, 2.75) is 6.61 Å². The van der Waals surface area contributed by atoms with Crippen LogP contribution in [0.2, 0.25) is 0 Å². The lowest BCUT2D eigenvalue weighted by Crippen LogP contribution is -2.05. The fourth-order valence-electron chi connectivity index (χ4n) is 1.30. The highest BCUT2D eigenvalue weighted by Gasteiger charge is 2.06. The first-order valence-electron chi connectivity index (χ1n) is 5.07. The summed E-state index contributed by atoms with van der Waals surface area (Å²) in [6.07, 6.45) is 3.25. The van der Waals surface area contributed by atoms with Crippen molar-refractivity contribution in [1.82, 2.24) is 4.98 Å². The Labute approximate surface area is 110 Å². The van der Waals surface area contributed by atoms with E-state index < -0.39 is 5.97 Å². The summed E-state index contributed by atoms with van der Waals surface area (Å²) in [5, 5.41) is 0. The lowest BCUT2D eigenvalue weighted by Gasteiger charge is -2.04. The van der Waals surface area contributed by atoms with Crippen LogP contribution < -0.4 is 0 Å². The molecule has 1 heterocycles. The van der Waals surface area contributed by atoms with E-state index in [2.05, 4.69) is 4.98 Å². The normalized spacial score (nSPS) is 9.39. The molecule has 0 spiro atoms. The highest BCUT2D eigenvalue weighted by Crippen LogP contribution is 2.06. The van der Waals surface area contributed by atoms with Gasteiger partial charge in [-0.05, 0) is 42.0 Å². The van der Waals surface area contributed by atoms with E-state index in [-0.39, 0.29) is 24.8 Å². The molecule has 18 heavy (non-hydrogen) atoms. The molecule has 0 radical (unpaired) electrons. The number of hydrogen-bond donors (Lipinski definition) is 0. The number of aromatic nitrogens is 1. The van der Waals surface area contributed by atoms with Crippen LogP contribution in [0.4, 0.5) is 4.39 Å². The highest BCUT2D eigenvalue weighted by molar-refractivity contribution is 5.89. The minimum Gasteiger partial charge on any atom is -0.457 e. The molecule has 0 saturated carbocycles. The van der Waals surface area contributed by atoms with Gasteiger partial charge in [0.25, 0.3) is 0 Å². The summed E-state index contributed by atoms with van der Waals surface area (Å²) in [4.78, 5) is 15.4. The van der Waals surface area contributed by atoms with Crippen molar-refractivity contribution in [3.05, 3.63) is 65.7 Å². The monoisotopic (exact) mass is 267 g/mol. The molecule has 0 aliphatic rings. The minimum atomic E-state index is -0.471. The molecule has 0 saturated heterocycles. The third kappa shape index (κ3) is 3.82. The van der Waals surface area contributed by atoms with Crippen molar-refractivity contribution < 1.29 is 13.9 Å². The fraction of sp³-hybridized carbons (Fsp3) is 0.0769. The molecule has 94 valence electrons. The Morgan fingerprint density at radius 1 is 1.11 bits per heavy atom. The van der Waals surface area contributed by atoms with Crippen LogP contribution in [-0.2, 0) is 11.3 Å². The molecule has 0 fully saturated rings. The van der Waals surface area contributed by atoms with Gasteiger partial charge in [0.15, 0.2) is 0 Å². The van der Waals surface area contributed by atoms with Crippen LogP contribution in [0.25, 0.3) is 0 Å². The summed E-state index contributed by atoms with van der Waals surface area (Å²) in [5.41, 5.74) is 1.19. The third-order valence-corrected chi connectivity index (χ3v) is 2.20. The first-order valence-corrected chi connectivity index (χ1v) is 5.07. The van der Waals surface area contributed by atoms with Crippen molar-refractivity contribution in [2.75, 3.05) is 0 Å². The second kappa shape index (κ2) is 6.71. The molecule has 2 aromatic rings. The third-order valence-electron chi connectivity index (χ3n) is 2.20. The van der Waals surface area contributed by atoms with Crippen LogP contribution in [0.3, 0.4) is 0 Å². The molecule has 0 aliphatic carbocycles. The predicted octanol–water partition coefficient (Wildman–Crippen LogP) is 3.00. The number of pyridine rings is 1. The van der Waals surface area contributed by atoms with Crippen molar-refractivity contribution >= 4 is 18.4 Å². The van der Waals surface area contributed by atoms with E-state index in [9.17, 15) is 9.18 Å². The number of carbonyl (C=O) groups excluding carboxylic acids is 1. The molecule has 0 bridgehead atoms. The molecule has 5 heteroatoms. The average molecular weight is 268 g/mol. The Morgan fingerprint density at radius 2 is 1.72 bits per heavy atom. The zero-order valence-corrected chi connectivity index (χ0v) is 10.2. The number of benzene rings is 1. The number of ether oxygens (including phenoxy) is 1. The number of nitrogens with zero attached hydrogens (tertiary/aromatic N) is 1. The van der Waals surface area contributed by atoms with E-state index in [0.717, 1.165) is 5.56 Å². The van der Waals surface area contributed by atoms with E-state index >= 15 is 0 Å². The Balaban J connectivity index is 0.00000162. The highest BCUT2D eigenvalue weighted by atomic mass is 35.5. The molecule has 0 N–H and O–H groups in total. The Bertz CT molecular complexity index is 502. The topological polar surface area (TPSA) is 39.2 Å². The number of carbonyl (C=O) groups is 1. The molecular weight excluding hydrogens is 257 g/mol. The standard InChI is InChI=1S/C13H10FNO2.ClH/c14-12-3-1-11(2-4-12)13(16)17-9-10-5-7-15-8-6-10;/h1-8H,9H2;1H. The summed E-state index contributed by atoms with van der Waals surface area (Å²) in [6, 6.07) is 8.76. The number of rotatable bonds is 3. The van der Waals surface area contributed by atoms with Crippen LogP contribution in [0.5, 0.6) is 0 Å². The second-order valence-corrected chi connectivity index (χ2v) is 3.44. The van der Waals surface area contributed by atoms with Gasteiger partial charge in [-0.3, -0.25) is 4.98 Å². The SMILES string of the molecule is Cl.O=C(OCc1ccncc1)c1ccc(F)cc1. The first-order chi connectivity index (χ1) is 8.25. The number of hydrogen-bond acceptors (Lipinski definition) is 3.